The summed E-state index contributed by atoms with van der Waals surface area (Å²) in [4.78, 5) is 0.527. The Balaban J connectivity index is 1.62. The van der Waals surface area contributed by atoms with E-state index in [4.69, 9.17) is 0 Å². The van der Waals surface area contributed by atoms with Crippen LogP contribution < -0.4 is 0 Å². The molecule has 0 fully saturated rings. The maximum Gasteiger partial charge on any atom is 0.0189 e. The average Bonchev–Trinajstić information content (AvgIpc) is 2.54. The van der Waals surface area contributed by atoms with Crippen molar-refractivity contribution in [2.24, 2.45) is 0 Å². The van der Waals surface area contributed by atoms with Gasteiger partial charge in [-0.1, -0.05) is 88.7 Å². The van der Waals surface area contributed by atoms with E-state index in [1.165, 1.54) is 21.9 Å². The second-order valence-corrected chi connectivity index (χ2v) is 6.80. The number of hydrogen-bond donors (Lipinski definition) is 0. The second-order valence-electron chi connectivity index (χ2n) is 5.51. The summed E-state index contributed by atoms with van der Waals surface area (Å²) in [7, 11) is 0. The second kappa shape index (κ2) is 6.91. The van der Waals surface area contributed by atoms with Gasteiger partial charge in [0.15, 0.2) is 0 Å². The van der Waals surface area contributed by atoms with E-state index in [2.05, 4.69) is 88.7 Å². The molecule has 3 aromatic rings. The van der Waals surface area contributed by atoms with E-state index in [0.717, 1.165) is 19.3 Å². The number of halogens is 1. The minimum absolute atomic E-state index is 0.527. The third-order valence-electron chi connectivity index (χ3n) is 3.86. The van der Waals surface area contributed by atoms with Crippen molar-refractivity contribution in [1.82, 2.24) is 0 Å². The predicted octanol–water partition coefficient (Wildman–Crippen LogP) is 5.78. The summed E-state index contributed by atoms with van der Waals surface area (Å²) >= 11 is 3.84. The lowest BCUT2D eigenvalue weighted by molar-refractivity contribution is 0.764. The molecule has 1 unspecified atom stereocenters. The molecule has 1 heteroatoms. The highest BCUT2D eigenvalue weighted by Crippen LogP contribution is 2.20. The summed E-state index contributed by atoms with van der Waals surface area (Å²) < 4.78 is 0. The minimum atomic E-state index is 0.527. The highest BCUT2D eigenvalue weighted by atomic mass is 79.9. The first-order valence-corrected chi connectivity index (χ1v) is 8.38. The zero-order chi connectivity index (χ0) is 14.5. The number of aryl methyl sites for hydroxylation is 1. The van der Waals surface area contributed by atoms with E-state index >= 15 is 0 Å². The fraction of sp³-hybridized carbons (Fsp3) is 0.200. The van der Waals surface area contributed by atoms with Crippen molar-refractivity contribution in [1.29, 1.82) is 0 Å². The maximum atomic E-state index is 3.84. The molecule has 0 N–H and O–H groups in total. The van der Waals surface area contributed by atoms with Crippen LogP contribution in [0.1, 0.15) is 17.5 Å². The summed E-state index contributed by atoms with van der Waals surface area (Å²) in [6, 6.07) is 26.0. The lowest BCUT2D eigenvalue weighted by Gasteiger charge is -2.11. The lowest BCUT2D eigenvalue weighted by atomic mass is 10.0. The number of benzene rings is 3. The van der Waals surface area contributed by atoms with E-state index in [1.807, 2.05) is 0 Å². The first-order valence-electron chi connectivity index (χ1n) is 7.47. The highest BCUT2D eigenvalue weighted by Gasteiger charge is 2.06. The van der Waals surface area contributed by atoms with Gasteiger partial charge in [-0.15, -0.1) is 0 Å². The molecule has 0 aliphatic heterocycles. The van der Waals surface area contributed by atoms with Crippen molar-refractivity contribution in [2.45, 2.75) is 24.1 Å². The van der Waals surface area contributed by atoms with Gasteiger partial charge in [0.1, 0.15) is 0 Å². The van der Waals surface area contributed by atoms with Crippen LogP contribution in [0.4, 0.5) is 0 Å². The molecule has 21 heavy (non-hydrogen) atoms. The standard InChI is InChI=1S/C20H19Br/c21-20(13-11-16-6-2-1-3-7-16)15-17-10-12-18-8-4-5-9-19(18)14-17/h1-10,12,14,20H,11,13,15H2. The van der Waals surface area contributed by atoms with Crippen LogP contribution in [0.15, 0.2) is 72.8 Å². The zero-order valence-electron chi connectivity index (χ0n) is 12.0. The number of hydrogen-bond acceptors (Lipinski definition) is 0. The summed E-state index contributed by atoms with van der Waals surface area (Å²) in [5.74, 6) is 0. The normalized spacial score (nSPS) is 12.4. The van der Waals surface area contributed by atoms with Crippen molar-refractivity contribution in [2.75, 3.05) is 0 Å². The van der Waals surface area contributed by atoms with E-state index in [9.17, 15) is 0 Å². The predicted molar refractivity (Wildman–Crippen MR) is 95.1 cm³/mol. The molecule has 3 aromatic carbocycles. The van der Waals surface area contributed by atoms with Crippen molar-refractivity contribution < 1.29 is 0 Å². The molecule has 0 saturated heterocycles. The van der Waals surface area contributed by atoms with Gasteiger partial charge in [-0.05, 0) is 41.2 Å². The fourth-order valence-corrected chi connectivity index (χ4v) is 3.29. The molecule has 106 valence electrons. The van der Waals surface area contributed by atoms with Crippen molar-refractivity contribution in [3.05, 3.63) is 83.9 Å². The van der Waals surface area contributed by atoms with Gasteiger partial charge in [-0.2, -0.15) is 0 Å². The van der Waals surface area contributed by atoms with Gasteiger partial charge >= 0.3 is 0 Å². The van der Waals surface area contributed by atoms with Crippen LogP contribution in [0.3, 0.4) is 0 Å². The van der Waals surface area contributed by atoms with Gasteiger partial charge in [0.25, 0.3) is 0 Å². The fourth-order valence-electron chi connectivity index (χ4n) is 2.69. The molecule has 3 rings (SSSR count). The molecule has 0 heterocycles. The van der Waals surface area contributed by atoms with Crippen molar-refractivity contribution in [3.63, 3.8) is 0 Å². The Labute approximate surface area is 134 Å². The molecule has 0 bridgehead atoms. The summed E-state index contributed by atoms with van der Waals surface area (Å²) in [5.41, 5.74) is 2.82. The van der Waals surface area contributed by atoms with Crippen LogP contribution in [0.25, 0.3) is 10.8 Å². The molecule has 0 saturated carbocycles. The lowest BCUT2D eigenvalue weighted by Crippen LogP contribution is -2.04. The number of fused-ring (bicyclic) bond motifs is 1. The first-order chi connectivity index (χ1) is 10.3. The van der Waals surface area contributed by atoms with E-state index in [0.29, 0.717) is 4.83 Å². The summed E-state index contributed by atoms with van der Waals surface area (Å²) in [5, 5.41) is 2.65. The van der Waals surface area contributed by atoms with Crippen LogP contribution in [0, 0.1) is 0 Å². The maximum absolute atomic E-state index is 3.84. The third-order valence-corrected chi connectivity index (χ3v) is 4.64. The van der Waals surface area contributed by atoms with Gasteiger partial charge in [-0.3, -0.25) is 0 Å². The van der Waals surface area contributed by atoms with Gasteiger partial charge < -0.3 is 0 Å². The molecule has 0 amide bonds. The van der Waals surface area contributed by atoms with Gasteiger partial charge in [0.2, 0.25) is 0 Å². The molecule has 0 aliphatic carbocycles. The van der Waals surface area contributed by atoms with Crippen LogP contribution >= 0.6 is 15.9 Å². The van der Waals surface area contributed by atoms with Gasteiger partial charge in [-0.25, -0.2) is 0 Å². The van der Waals surface area contributed by atoms with Crippen LogP contribution in [-0.4, -0.2) is 4.83 Å². The molecule has 1 atom stereocenters. The Morgan fingerprint density at radius 1 is 0.714 bits per heavy atom. The van der Waals surface area contributed by atoms with Crippen molar-refractivity contribution in [3.8, 4) is 0 Å². The number of alkyl halides is 1. The molecule has 0 spiro atoms. The molecule has 0 aromatic heterocycles. The largest absolute Gasteiger partial charge is 0.0887 e. The Hall–Kier alpha value is -1.60. The van der Waals surface area contributed by atoms with E-state index in [-0.39, 0.29) is 0 Å². The third kappa shape index (κ3) is 3.95. The van der Waals surface area contributed by atoms with Crippen LogP contribution in [0.2, 0.25) is 0 Å². The molecule has 0 aliphatic rings. The number of rotatable bonds is 5. The van der Waals surface area contributed by atoms with Gasteiger partial charge in [0.05, 0.1) is 0 Å². The first kappa shape index (κ1) is 14.3. The van der Waals surface area contributed by atoms with E-state index in [1.54, 1.807) is 0 Å². The zero-order valence-corrected chi connectivity index (χ0v) is 13.6. The van der Waals surface area contributed by atoms with Crippen LogP contribution in [0.5, 0.6) is 0 Å². The molecule has 0 radical (unpaired) electrons. The monoisotopic (exact) mass is 338 g/mol. The smallest absolute Gasteiger partial charge is 0.0189 e. The van der Waals surface area contributed by atoms with Crippen molar-refractivity contribution >= 4 is 26.7 Å². The Bertz CT molecular complexity index is 703. The average molecular weight is 339 g/mol. The van der Waals surface area contributed by atoms with Gasteiger partial charge in [0, 0.05) is 4.83 Å². The summed E-state index contributed by atoms with van der Waals surface area (Å²) in [6.45, 7) is 0. The molecule has 0 nitrogen and oxygen atoms in total. The Morgan fingerprint density at radius 3 is 2.24 bits per heavy atom. The molecular weight excluding hydrogens is 320 g/mol. The summed E-state index contributed by atoms with van der Waals surface area (Å²) in [6.07, 6.45) is 3.37. The van der Waals surface area contributed by atoms with Crippen LogP contribution in [-0.2, 0) is 12.8 Å². The quantitative estimate of drug-likeness (QED) is 0.517. The highest BCUT2D eigenvalue weighted by molar-refractivity contribution is 9.09. The molecular formula is C20H19Br. The topological polar surface area (TPSA) is 0 Å². The minimum Gasteiger partial charge on any atom is -0.0887 e. The van der Waals surface area contributed by atoms with E-state index < -0.39 is 0 Å². The Morgan fingerprint density at radius 2 is 1.43 bits per heavy atom. The SMILES string of the molecule is BrC(CCc1ccccc1)Cc1ccc2ccccc2c1. The Kier molecular flexibility index (Phi) is 4.72.